The number of thiazole rings is 1. The molecule has 1 aliphatic rings. The summed E-state index contributed by atoms with van der Waals surface area (Å²) in [4.78, 5) is 11.9. The van der Waals surface area contributed by atoms with Crippen LogP contribution in [0, 0.1) is 0 Å². The molecule has 0 radical (unpaired) electrons. The van der Waals surface area contributed by atoms with Crippen molar-refractivity contribution in [2.45, 2.75) is 19.6 Å². The SMILES string of the molecule is COCC1=CCC=N1.COCc1cscn1.COCc1ncco1. The molecular weight excluding hydrogens is 330 g/mol. The minimum Gasteiger partial charge on any atom is -0.446 e. The van der Waals surface area contributed by atoms with Crippen molar-refractivity contribution < 1.29 is 18.6 Å². The largest absolute Gasteiger partial charge is 0.446 e. The van der Waals surface area contributed by atoms with Gasteiger partial charge in [-0.3, -0.25) is 4.99 Å². The number of nitrogens with zero attached hydrogens (tertiary/aromatic N) is 3. The first-order chi connectivity index (χ1) is 11.8. The van der Waals surface area contributed by atoms with Crippen LogP contribution in [0.3, 0.4) is 0 Å². The first kappa shape index (κ1) is 20.2. The molecule has 0 saturated heterocycles. The Labute approximate surface area is 146 Å². The summed E-state index contributed by atoms with van der Waals surface area (Å²) in [6.07, 6.45) is 8.03. The van der Waals surface area contributed by atoms with Gasteiger partial charge < -0.3 is 18.6 Å². The molecule has 0 bridgehead atoms. The second-order valence-corrected chi connectivity index (χ2v) is 5.17. The van der Waals surface area contributed by atoms with Gasteiger partial charge >= 0.3 is 0 Å². The summed E-state index contributed by atoms with van der Waals surface area (Å²) in [5.74, 6) is 0.618. The summed E-state index contributed by atoms with van der Waals surface area (Å²) in [7, 11) is 4.94. The van der Waals surface area contributed by atoms with Crippen LogP contribution in [-0.4, -0.2) is 44.1 Å². The first-order valence-corrected chi connectivity index (χ1v) is 8.18. The highest BCUT2D eigenvalue weighted by atomic mass is 32.1. The molecule has 1 aliphatic heterocycles. The summed E-state index contributed by atoms with van der Waals surface area (Å²) in [6, 6.07) is 0. The van der Waals surface area contributed by atoms with Crippen LogP contribution < -0.4 is 0 Å². The van der Waals surface area contributed by atoms with Crippen LogP contribution in [0.4, 0.5) is 0 Å². The van der Waals surface area contributed by atoms with Gasteiger partial charge in [-0.25, -0.2) is 9.97 Å². The lowest BCUT2D eigenvalue weighted by atomic mass is 10.4. The third kappa shape index (κ3) is 9.31. The third-order valence-electron chi connectivity index (χ3n) is 2.54. The van der Waals surface area contributed by atoms with E-state index in [1.165, 1.54) is 6.26 Å². The average molecular weight is 353 g/mol. The van der Waals surface area contributed by atoms with E-state index < -0.39 is 0 Å². The Kier molecular flexibility index (Phi) is 11.4. The number of methoxy groups -OCH3 is 3. The smallest absolute Gasteiger partial charge is 0.219 e. The van der Waals surface area contributed by atoms with Gasteiger partial charge in [-0.1, -0.05) is 6.08 Å². The van der Waals surface area contributed by atoms with Gasteiger partial charge in [0.05, 0.1) is 36.3 Å². The first-order valence-electron chi connectivity index (χ1n) is 7.24. The molecule has 132 valence electrons. The fraction of sp³-hybridized carbons (Fsp3) is 0.438. The standard InChI is InChI=1S/C6H9NO.C5H7NO2.C5H7NOS/c1-8-5-6-3-2-4-7-6;1-7-4-5-6-2-3-8-5;1-7-2-5-3-8-4-6-5/h3-4H,2,5H2,1H3;2-3H,4H2,1H3;3-4H,2H2,1H3. The van der Waals surface area contributed by atoms with Crippen LogP contribution in [0.25, 0.3) is 0 Å². The molecule has 8 heteroatoms. The predicted octanol–water partition coefficient (Wildman–Crippen LogP) is 3.10. The van der Waals surface area contributed by atoms with E-state index >= 15 is 0 Å². The Morgan fingerprint density at radius 3 is 2.38 bits per heavy atom. The molecule has 3 rings (SSSR count). The molecule has 0 fully saturated rings. The second-order valence-electron chi connectivity index (χ2n) is 4.45. The molecule has 0 aromatic carbocycles. The molecule has 0 amide bonds. The van der Waals surface area contributed by atoms with Gasteiger partial charge in [-0.2, -0.15) is 0 Å². The minimum atomic E-state index is 0.451. The molecule has 0 saturated carbocycles. The summed E-state index contributed by atoms with van der Waals surface area (Å²) in [6.45, 7) is 1.73. The van der Waals surface area contributed by atoms with E-state index in [-0.39, 0.29) is 0 Å². The van der Waals surface area contributed by atoms with Crippen molar-refractivity contribution in [2.75, 3.05) is 27.9 Å². The molecule has 0 aliphatic carbocycles. The van der Waals surface area contributed by atoms with Crippen molar-refractivity contribution in [3.63, 3.8) is 0 Å². The van der Waals surface area contributed by atoms with Gasteiger partial charge in [0, 0.05) is 39.3 Å². The highest BCUT2D eigenvalue weighted by molar-refractivity contribution is 7.07. The van der Waals surface area contributed by atoms with Crippen molar-refractivity contribution >= 4 is 17.6 Å². The lowest BCUT2D eigenvalue weighted by Gasteiger charge is -1.91. The zero-order chi connectivity index (χ0) is 17.5. The van der Waals surface area contributed by atoms with Gasteiger partial charge in [0.1, 0.15) is 12.9 Å². The van der Waals surface area contributed by atoms with Gasteiger partial charge in [0.2, 0.25) is 5.89 Å². The van der Waals surface area contributed by atoms with Crippen LogP contribution in [0.15, 0.2) is 44.5 Å². The molecule has 0 N–H and O–H groups in total. The molecule has 0 unspecified atom stereocenters. The number of rotatable bonds is 6. The van der Waals surface area contributed by atoms with Crippen LogP contribution >= 0.6 is 11.3 Å². The van der Waals surface area contributed by atoms with Gasteiger partial charge in [-0.15, -0.1) is 11.3 Å². The molecule has 2 aromatic rings. The summed E-state index contributed by atoms with van der Waals surface area (Å²) >= 11 is 1.59. The number of ether oxygens (including phenoxy) is 3. The second kappa shape index (κ2) is 13.6. The fourth-order valence-electron chi connectivity index (χ4n) is 1.56. The van der Waals surface area contributed by atoms with Crippen LogP contribution in [0.1, 0.15) is 18.0 Å². The molecule has 7 nitrogen and oxygen atoms in total. The summed E-state index contributed by atoms with van der Waals surface area (Å²) < 4.78 is 19.2. The van der Waals surface area contributed by atoms with Crippen molar-refractivity contribution in [1.82, 2.24) is 9.97 Å². The molecular formula is C16H23N3O4S. The maximum absolute atomic E-state index is 4.84. The highest BCUT2D eigenvalue weighted by Gasteiger charge is 1.95. The Hall–Kier alpha value is -1.87. The topological polar surface area (TPSA) is 79.0 Å². The highest BCUT2D eigenvalue weighted by Crippen LogP contribution is 2.03. The van der Waals surface area contributed by atoms with Crippen LogP contribution in [-0.2, 0) is 27.4 Å². The Morgan fingerprint density at radius 1 is 1.08 bits per heavy atom. The van der Waals surface area contributed by atoms with Gasteiger partial charge in [-0.05, 0) is 0 Å². The third-order valence-corrected chi connectivity index (χ3v) is 3.17. The molecule has 2 aromatic heterocycles. The Morgan fingerprint density at radius 2 is 1.88 bits per heavy atom. The van der Waals surface area contributed by atoms with Crippen molar-refractivity contribution in [2.24, 2.45) is 4.99 Å². The molecule has 3 heterocycles. The summed E-state index contributed by atoms with van der Waals surface area (Å²) in [5.41, 5.74) is 3.86. The van der Waals surface area contributed by atoms with Gasteiger partial charge in [0.25, 0.3) is 0 Å². The van der Waals surface area contributed by atoms with Gasteiger partial charge in [0.15, 0.2) is 0 Å². The van der Waals surface area contributed by atoms with E-state index in [4.69, 9.17) is 18.6 Å². The number of aliphatic imine (C=N–C) groups is 1. The average Bonchev–Trinajstić information content (AvgIpc) is 3.33. The zero-order valence-corrected chi connectivity index (χ0v) is 15.0. The fourth-order valence-corrected chi connectivity index (χ4v) is 2.10. The van der Waals surface area contributed by atoms with Crippen molar-refractivity contribution in [1.29, 1.82) is 0 Å². The summed E-state index contributed by atoms with van der Waals surface area (Å²) in [5, 5.41) is 1.98. The maximum atomic E-state index is 4.84. The minimum absolute atomic E-state index is 0.451. The maximum Gasteiger partial charge on any atom is 0.219 e. The Bertz CT molecular complexity index is 532. The zero-order valence-electron chi connectivity index (χ0n) is 14.2. The van der Waals surface area contributed by atoms with E-state index in [0.717, 1.165) is 17.8 Å². The quantitative estimate of drug-likeness (QED) is 0.794. The molecule has 0 spiro atoms. The van der Waals surface area contributed by atoms with E-state index in [1.54, 1.807) is 44.4 Å². The lowest BCUT2D eigenvalue weighted by molar-refractivity contribution is 0.159. The van der Waals surface area contributed by atoms with Crippen molar-refractivity contribution in [3.8, 4) is 0 Å². The molecule has 0 atom stereocenters. The van der Waals surface area contributed by atoms with E-state index in [1.807, 2.05) is 11.6 Å². The lowest BCUT2D eigenvalue weighted by Crippen LogP contribution is -1.87. The van der Waals surface area contributed by atoms with Crippen LogP contribution in [0.5, 0.6) is 0 Å². The number of aromatic nitrogens is 2. The number of allylic oxidation sites excluding steroid dienone is 1. The Balaban J connectivity index is 0.000000180. The number of oxazole rings is 1. The van der Waals surface area contributed by atoms with E-state index in [2.05, 4.69) is 21.0 Å². The molecule has 24 heavy (non-hydrogen) atoms. The number of hydrogen-bond acceptors (Lipinski definition) is 8. The van der Waals surface area contributed by atoms with Crippen molar-refractivity contribution in [3.05, 3.63) is 46.7 Å². The van der Waals surface area contributed by atoms with E-state index in [9.17, 15) is 0 Å². The normalized spacial score (nSPS) is 12.0. The predicted molar refractivity (Wildman–Crippen MR) is 93.1 cm³/mol. The van der Waals surface area contributed by atoms with E-state index in [0.29, 0.717) is 25.7 Å². The number of hydrogen-bond donors (Lipinski definition) is 0. The van der Waals surface area contributed by atoms with Crippen LogP contribution in [0.2, 0.25) is 0 Å². The monoisotopic (exact) mass is 353 g/mol.